The molecule has 3 aromatic carbocycles. The van der Waals surface area contributed by atoms with Gasteiger partial charge in [0.25, 0.3) is 10.0 Å². The number of sulfonamides is 1. The van der Waals surface area contributed by atoms with E-state index in [-0.39, 0.29) is 40.3 Å². The fraction of sp³-hybridized carbons (Fsp3) is 0.200. The highest BCUT2D eigenvalue weighted by Gasteiger charge is 2.22. The lowest BCUT2D eigenvalue weighted by molar-refractivity contribution is 0.0529. The molecule has 0 amide bonds. The molecule has 1 aromatic heterocycles. The highest BCUT2D eigenvalue weighted by atomic mass is 32.2. The van der Waals surface area contributed by atoms with Crippen LogP contribution in [0, 0.1) is 0 Å². The fourth-order valence-corrected chi connectivity index (χ4v) is 4.45. The lowest BCUT2D eigenvalue weighted by Gasteiger charge is -2.20. The Labute approximate surface area is 219 Å². The van der Waals surface area contributed by atoms with Crippen molar-refractivity contribution >= 4 is 44.1 Å². The number of benzene rings is 3. The molecule has 1 unspecified atom stereocenters. The van der Waals surface area contributed by atoms with Gasteiger partial charge in [0, 0.05) is 17.8 Å². The van der Waals surface area contributed by atoms with Crippen molar-refractivity contribution in [2.75, 3.05) is 43.2 Å². The van der Waals surface area contributed by atoms with Crippen LogP contribution in [0.1, 0.15) is 0 Å². The van der Waals surface area contributed by atoms with Gasteiger partial charge < -0.3 is 35.5 Å². The van der Waals surface area contributed by atoms with Crippen molar-refractivity contribution in [3.8, 4) is 17.2 Å². The number of nitrogen functional groups attached to an aromatic ring is 1. The summed E-state index contributed by atoms with van der Waals surface area (Å²) in [5.41, 5.74) is 7.36. The first-order valence-electron chi connectivity index (χ1n) is 11.3. The van der Waals surface area contributed by atoms with Gasteiger partial charge in [0.2, 0.25) is 0 Å². The van der Waals surface area contributed by atoms with Gasteiger partial charge in [0.05, 0.1) is 42.4 Å². The third-order valence-corrected chi connectivity index (χ3v) is 6.71. The highest BCUT2D eigenvalue weighted by Crippen LogP contribution is 2.42. The van der Waals surface area contributed by atoms with Gasteiger partial charge in [-0.15, -0.1) is 0 Å². The molecule has 4 aromatic rings. The van der Waals surface area contributed by atoms with Gasteiger partial charge in [-0.3, -0.25) is 4.72 Å². The summed E-state index contributed by atoms with van der Waals surface area (Å²) >= 11 is 0. The summed E-state index contributed by atoms with van der Waals surface area (Å²) in [6.45, 7) is -0.748. The van der Waals surface area contributed by atoms with Gasteiger partial charge in [0.15, 0.2) is 23.1 Å². The number of aromatic nitrogens is 2. The normalized spacial score (nSPS) is 12.1. The van der Waals surface area contributed by atoms with Gasteiger partial charge in [-0.05, 0) is 36.4 Å². The number of ether oxygens (including phenoxy) is 3. The molecule has 38 heavy (non-hydrogen) atoms. The Balaban J connectivity index is 1.81. The van der Waals surface area contributed by atoms with Crippen LogP contribution in [0.25, 0.3) is 11.0 Å². The molecule has 0 aliphatic carbocycles. The zero-order valence-electron chi connectivity index (χ0n) is 20.6. The number of anilines is 4. The molecule has 0 radical (unpaired) electrons. The van der Waals surface area contributed by atoms with Gasteiger partial charge >= 0.3 is 0 Å². The Morgan fingerprint density at radius 2 is 1.63 bits per heavy atom. The molecule has 0 aliphatic rings. The molecular weight excluding hydrogens is 514 g/mol. The van der Waals surface area contributed by atoms with E-state index in [1.807, 2.05) is 0 Å². The van der Waals surface area contributed by atoms with E-state index in [4.69, 9.17) is 19.9 Å². The number of nitrogens with one attached hydrogen (secondary N) is 2. The maximum Gasteiger partial charge on any atom is 0.263 e. The van der Waals surface area contributed by atoms with Crippen molar-refractivity contribution in [1.29, 1.82) is 0 Å². The van der Waals surface area contributed by atoms with E-state index in [1.54, 1.807) is 36.4 Å². The number of para-hydroxylation sites is 2. The number of fused-ring (bicyclic) bond motifs is 1. The van der Waals surface area contributed by atoms with Crippen LogP contribution in [-0.4, -0.2) is 62.1 Å². The SMILES string of the molecule is COc1cc(Nc2nc3ccccc3nc2NS(=O)(=O)c2ccc(N)cc2)c(OCC(O)CO)c(OC)c1. The molecule has 0 spiro atoms. The van der Waals surface area contributed by atoms with Crippen molar-refractivity contribution < 1.29 is 32.8 Å². The second-order valence-corrected chi connectivity index (χ2v) is 9.75. The molecule has 1 atom stereocenters. The summed E-state index contributed by atoms with van der Waals surface area (Å²) in [5.74, 6) is 0.809. The Hall–Kier alpha value is -4.33. The van der Waals surface area contributed by atoms with E-state index in [1.165, 1.54) is 38.5 Å². The van der Waals surface area contributed by atoms with Crippen LogP contribution in [0.15, 0.2) is 65.6 Å². The second kappa shape index (κ2) is 11.4. The monoisotopic (exact) mass is 541 g/mol. The van der Waals surface area contributed by atoms with Crippen LogP contribution in [0.2, 0.25) is 0 Å². The van der Waals surface area contributed by atoms with Crippen LogP contribution in [0.4, 0.5) is 23.0 Å². The van der Waals surface area contributed by atoms with Crippen LogP contribution in [-0.2, 0) is 10.0 Å². The molecule has 12 nitrogen and oxygen atoms in total. The van der Waals surface area contributed by atoms with Crippen molar-refractivity contribution in [2.45, 2.75) is 11.0 Å². The average molecular weight is 542 g/mol. The third kappa shape index (κ3) is 5.96. The predicted octanol–water partition coefficient (Wildman–Crippen LogP) is 2.51. The van der Waals surface area contributed by atoms with Crippen LogP contribution in [0.5, 0.6) is 17.2 Å². The smallest absolute Gasteiger partial charge is 0.263 e. The number of rotatable bonds is 11. The van der Waals surface area contributed by atoms with Crippen molar-refractivity contribution in [3.05, 3.63) is 60.7 Å². The minimum absolute atomic E-state index is 0.0160. The van der Waals surface area contributed by atoms with Gasteiger partial charge in [-0.1, -0.05) is 12.1 Å². The average Bonchev–Trinajstić information content (AvgIpc) is 2.92. The first-order chi connectivity index (χ1) is 18.2. The maximum atomic E-state index is 13.2. The van der Waals surface area contributed by atoms with Gasteiger partial charge in [-0.2, -0.15) is 0 Å². The van der Waals surface area contributed by atoms with E-state index < -0.39 is 22.7 Å². The first kappa shape index (κ1) is 26.7. The Morgan fingerprint density at radius 3 is 2.24 bits per heavy atom. The standard InChI is InChI=1S/C25H27N5O7S/c1-35-17-11-21(23(22(12-17)36-2)37-14-16(32)13-31)29-24-25(28-20-6-4-3-5-19(20)27-24)30-38(33,34)18-9-7-15(26)8-10-18/h3-12,16,31-32H,13-14,26H2,1-2H3,(H,27,29)(H,28,30). The number of methoxy groups -OCH3 is 2. The fourth-order valence-electron chi connectivity index (χ4n) is 3.44. The second-order valence-electron chi connectivity index (χ2n) is 8.06. The molecule has 0 saturated heterocycles. The van der Waals surface area contributed by atoms with E-state index in [0.29, 0.717) is 22.5 Å². The van der Waals surface area contributed by atoms with Gasteiger partial charge in [0.1, 0.15) is 18.5 Å². The summed E-state index contributed by atoms with van der Waals surface area (Å²) in [6, 6.07) is 15.8. The van der Waals surface area contributed by atoms with Crippen LogP contribution in [0.3, 0.4) is 0 Å². The van der Waals surface area contributed by atoms with E-state index in [2.05, 4.69) is 20.0 Å². The van der Waals surface area contributed by atoms with Crippen molar-refractivity contribution in [1.82, 2.24) is 9.97 Å². The summed E-state index contributed by atoms with van der Waals surface area (Å²) < 4.78 is 45.4. The number of nitrogens with zero attached hydrogens (tertiary/aromatic N) is 2. The number of aliphatic hydroxyl groups is 2. The molecule has 0 fully saturated rings. The van der Waals surface area contributed by atoms with Gasteiger partial charge in [-0.25, -0.2) is 18.4 Å². The van der Waals surface area contributed by atoms with E-state index in [9.17, 15) is 18.6 Å². The quantitative estimate of drug-likeness (QED) is 0.176. The molecule has 6 N–H and O–H groups in total. The Bertz CT molecular complexity index is 1530. The number of hydrogen-bond acceptors (Lipinski definition) is 11. The maximum absolute atomic E-state index is 13.2. The predicted molar refractivity (Wildman–Crippen MR) is 143 cm³/mol. The van der Waals surface area contributed by atoms with E-state index in [0.717, 1.165) is 0 Å². The molecule has 0 aliphatic heterocycles. The molecule has 200 valence electrons. The molecule has 13 heteroatoms. The largest absolute Gasteiger partial charge is 0.497 e. The minimum atomic E-state index is -4.06. The summed E-state index contributed by atoms with van der Waals surface area (Å²) in [7, 11) is -1.17. The molecule has 1 heterocycles. The minimum Gasteiger partial charge on any atom is -0.497 e. The summed E-state index contributed by atoms with van der Waals surface area (Å²) in [6.07, 6.45) is -1.14. The lowest BCUT2D eigenvalue weighted by Crippen LogP contribution is -2.22. The number of aliphatic hydroxyl groups excluding tert-OH is 2. The van der Waals surface area contributed by atoms with Crippen molar-refractivity contribution in [2.24, 2.45) is 0 Å². The zero-order chi connectivity index (χ0) is 27.3. The number of hydrogen-bond donors (Lipinski definition) is 5. The van der Waals surface area contributed by atoms with Crippen LogP contribution < -0.4 is 30.0 Å². The van der Waals surface area contributed by atoms with E-state index >= 15 is 0 Å². The highest BCUT2D eigenvalue weighted by molar-refractivity contribution is 7.92. The Kier molecular flexibility index (Phi) is 8.00. The third-order valence-electron chi connectivity index (χ3n) is 5.36. The molecule has 4 rings (SSSR count). The number of nitrogens with two attached hydrogens (primary N) is 1. The Morgan fingerprint density at radius 1 is 0.974 bits per heavy atom. The van der Waals surface area contributed by atoms with Crippen molar-refractivity contribution in [3.63, 3.8) is 0 Å². The first-order valence-corrected chi connectivity index (χ1v) is 12.8. The topological polar surface area (TPSA) is 178 Å². The zero-order valence-corrected chi connectivity index (χ0v) is 21.4. The summed E-state index contributed by atoms with van der Waals surface area (Å²) in [5, 5.41) is 22.1. The lowest BCUT2D eigenvalue weighted by atomic mass is 10.2. The summed E-state index contributed by atoms with van der Waals surface area (Å²) in [4.78, 5) is 9.05. The molecular formula is C25H27N5O7S. The van der Waals surface area contributed by atoms with Crippen LogP contribution >= 0.6 is 0 Å². The molecule has 0 saturated carbocycles. The molecule has 0 bridgehead atoms.